The zero-order valence-electron chi connectivity index (χ0n) is 27.7. The third-order valence-electron chi connectivity index (χ3n) is 9.72. The number of aryl methyl sites for hydroxylation is 2. The van der Waals surface area contributed by atoms with Gasteiger partial charge in [0.15, 0.2) is 0 Å². The number of piperidine rings is 1. The van der Waals surface area contributed by atoms with Crippen molar-refractivity contribution in [1.29, 1.82) is 0 Å². The Kier molecular flexibility index (Phi) is 10.1. The van der Waals surface area contributed by atoms with E-state index in [1.54, 1.807) is 0 Å². The van der Waals surface area contributed by atoms with Crippen LogP contribution in [0.25, 0.3) is 11.1 Å². The predicted octanol–water partition coefficient (Wildman–Crippen LogP) is 5.37. The average Bonchev–Trinajstić information content (AvgIpc) is 3.57. The Balaban J connectivity index is 1.47. The Morgan fingerprint density at radius 3 is 2.31 bits per heavy atom. The minimum absolute atomic E-state index is 0.0131. The van der Waals surface area contributed by atoms with Crippen LogP contribution in [-0.2, 0) is 11.3 Å². The van der Waals surface area contributed by atoms with Gasteiger partial charge < -0.3 is 25.0 Å². The molecule has 1 aromatic carbocycles. The third-order valence-corrected chi connectivity index (χ3v) is 9.72. The molecular formula is C36H48N6O3. The number of benzene rings is 1. The molecule has 2 aliphatic rings. The molecule has 3 heterocycles. The second-order valence-corrected chi connectivity index (χ2v) is 12.9. The first-order valence-corrected chi connectivity index (χ1v) is 16.4. The summed E-state index contributed by atoms with van der Waals surface area (Å²) in [5, 5.41) is 2.98. The fourth-order valence-corrected chi connectivity index (χ4v) is 6.94. The smallest absolute Gasteiger partial charge is 0.253 e. The minimum Gasteiger partial charge on any atom is -0.357 e. The molecule has 2 amide bonds. The molecule has 3 aromatic rings. The van der Waals surface area contributed by atoms with Gasteiger partial charge in [-0.2, -0.15) is 0 Å². The van der Waals surface area contributed by atoms with Crippen molar-refractivity contribution in [3.63, 3.8) is 0 Å². The quantitative estimate of drug-likeness (QED) is 0.337. The van der Waals surface area contributed by atoms with Gasteiger partial charge in [-0.1, -0.05) is 12.8 Å². The van der Waals surface area contributed by atoms with Gasteiger partial charge in [-0.3, -0.25) is 14.4 Å². The molecule has 45 heavy (non-hydrogen) atoms. The highest BCUT2D eigenvalue weighted by Crippen LogP contribution is 2.35. The normalized spacial score (nSPS) is 15.9. The van der Waals surface area contributed by atoms with E-state index in [-0.39, 0.29) is 29.8 Å². The Bertz CT molecular complexity index is 1580. The maximum Gasteiger partial charge on any atom is 0.253 e. The summed E-state index contributed by atoms with van der Waals surface area (Å²) >= 11 is 0. The number of carbonyl (C=O) groups excluding carboxylic acids is 2. The van der Waals surface area contributed by atoms with E-state index in [1.165, 1.54) is 0 Å². The Hall–Kier alpha value is -3.98. The van der Waals surface area contributed by atoms with Gasteiger partial charge in [0.1, 0.15) is 5.82 Å². The summed E-state index contributed by atoms with van der Waals surface area (Å²) < 4.78 is 0. The summed E-state index contributed by atoms with van der Waals surface area (Å²) in [6.07, 6.45) is 8.03. The lowest BCUT2D eigenvalue weighted by Gasteiger charge is -2.35. The van der Waals surface area contributed by atoms with E-state index in [4.69, 9.17) is 4.98 Å². The summed E-state index contributed by atoms with van der Waals surface area (Å²) in [6, 6.07) is 10.5. The molecule has 0 unspecified atom stereocenters. The molecule has 9 heteroatoms. The zero-order valence-corrected chi connectivity index (χ0v) is 27.7. The van der Waals surface area contributed by atoms with E-state index in [0.717, 1.165) is 91.1 Å². The largest absolute Gasteiger partial charge is 0.357 e. The average molecular weight is 613 g/mol. The number of amides is 2. The maximum atomic E-state index is 13.8. The number of nitrogens with zero attached hydrogens (tertiary/aromatic N) is 4. The van der Waals surface area contributed by atoms with E-state index in [1.807, 2.05) is 57.0 Å². The number of H-pyrrole nitrogens is 1. The van der Waals surface area contributed by atoms with Crippen molar-refractivity contribution in [3.8, 4) is 11.1 Å². The molecule has 5 rings (SSSR count). The third kappa shape index (κ3) is 7.14. The summed E-state index contributed by atoms with van der Waals surface area (Å²) in [4.78, 5) is 54.3. The second kappa shape index (κ2) is 14.0. The molecule has 9 nitrogen and oxygen atoms in total. The predicted molar refractivity (Wildman–Crippen MR) is 181 cm³/mol. The van der Waals surface area contributed by atoms with E-state index in [0.29, 0.717) is 23.7 Å². The molecule has 1 aliphatic carbocycles. The van der Waals surface area contributed by atoms with Gasteiger partial charge in [0.05, 0.1) is 0 Å². The molecule has 0 spiro atoms. The van der Waals surface area contributed by atoms with Crippen molar-refractivity contribution in [3.05, 3.63) is 74.8 Å². The number of hydrogen-bond acceptors (Lipinski definition) is 6. The van der Waals surface area contributed by atoms with Crippen LogP contribution in [0.15, 0.2) is 41.3 Å². The van der Waals surface area contributed by atoms with Crippen LogP contribution >= 0.6 is 0 Å². The number of carbonyl (C=O) groups is 2. The molecular weight excluding hydrogens is 564 g/mol. The number of aromatic nitrogens is 2. The standard InChI is InChI=1S/C36H48N6O3/c1-7-42(36(45)26-10-8-9-11-26)32-20-28(27-12-13-33(37-21-27)41-16-14-29(15-17-41)40(5)6)19-30(25(32)4)34(43)38-22-31-23(2)18-24(3)39-35(31)44/h12-13,18-21,26,29H,7-11,14-17,22H2,1-6H3,(H,38,43)(H,39,44). The van der Waals surface area contributed by atoms with Gasteiger partial charge in [-0.25, -0.2) is 4.98 Å². The van der Waals surface area contributed by atoms with Crippen LogP contribution in [-0.4, -0.2) is 66.5 Å². The first kappa shape index (κ1) is 32.4. The first-order valence-electron chi connectivity index (χ1n) is 16.4. The van der Waals surface area contributed by atoms with Gasteiger partial charge in [0.25, 0.3) is 11.5 Å². The molecule has 240 valence electrons. The topological polar surface area (TPSA) is 102 Å². The summed E-state index contributed by atoms with van der Waals surface area (Å²) in [5.74, 6) is 0.802. The van der Waals surface area contributed by atoms with Crippen molar-refractivity contribution in [2.75, 3.05) is 43.5 Å². The van der Waals surface area contributed by atoms with Gasteiger partial charge in [-0.05, 0) is 114 Å². The van der Waals surface area contributed by atoms with E-state index < -0.39 is 0 Å². The summed E-state index contributed by atoms with van der Waals surface area (Å²) in [5.41, 5.74) is 5.63. The van der Waals surface area contributed by atoms with E-state index in [2.05, 4.69) is 46.3 Å². The van der Waals surface area contributed by atoms with Crippen LogP contribution in [0.3, 0.4) is 0 Å². The highest BCUT2D eigenvalue weighted by Gasteiger charge is 2.29. The first-order chi connectivity index (χ1) is 21.6. The Morgan fingerprint density at radius 1 is 1.00 bits per heavy atom. The highest BCUT2D eigenvalue weighted by molar-refractivity contribution is 6.02. The molecule has 2 fully saturated rings. The molecule has 2 N–H and O–H groups in total. The lowest BCUT2D eigenvalue weighted by Crippen LogP contribution is -2.42. The second-order valence-electron chi connectivity index (χ2n) is 12.9. The molecule has 1 aliphatic heterocycles. The van der Waals surface area contributed by atoms with E-state index >= 15 is 0 Å². The summed E-state index contributed by atoms with van der Waals surface area (Å²) in [7, 11) is 4.28. The lowest BCUT2D eigenvalue weighted by molar-refractivity contribution is -0.122. The van der Waals surface area contributed by atoms with Gasteiger partial charge in [0.2, 0.25) is 5.91 Å². The number of anilines is 2. The fraction of sp³-hybridized carbons (Fsp3) is 0.500. The highest BCUT2D eigenvalue weighted by atomic mass is 16.2. The molecule has 0 atom stereocenters. The van der Waals surface area contributed by atoms with Crippen LogP contribution in [0.4, 0.5) is 11.5 Å². The van der Waals surface area contributed by atoms with Gasteiger partial charge in [0, 0.05) is 72.4 Å². The van der Waals surface area contributed by atoms with Crippen molar-refractivity contribution in [1.82, 2.24) is 20.2 Å². The lowest BCUT2D eigenvalue weighted by atomic mass is 9.96. The fourth-order valence-electron chi connectivity index (χ4n) is 6.94. The van der Waals surface area contributed by atoms with Crippen molar-refractivity contribution < 1.29 is 9.59 Å². The Labute approximate surface area is 267 Å². The van der Waals surface area contributed by atoms with Crippen LogP contribution in [0.5, 0.6) is 0 Å². The Morgan fingerprint density at radius 2 is 1.71 bits per heavy atom. The number of aromatic amines is 1. The van der Waals surface area contributed by atoms with Crippen LogP contribution in [0, 0.1) is 26.7 Å². The molecule has 1 saturated carbocycles. The summed E-state index contributed by atoms with van der Waals surface area (Å²) in [6.45, 7) is 10.2. The number of rotatable bonds is 9. The molecule has 1 saturated heterocycles. The monoisotopic (exact) mass is 612 g/mol. The number of hydrogen-bond donors (Lipinski definition) is 2. The maximum absolute atomic E-state index is 13.8. The van der Waals surface area contributed by atoms with Crippen molar-refractivity contribution >= 4 is 23.3 Å². The van der Waals surface area contributed by atoms with Crippen LogP contribution in [0.2, 0.25) is 0 Å². The van der Waals surface area contributed by atoms with Crippen molar-refractivity contribution in [2.45, 2.75) is 78.8 Å². The molecule has 2 aromatic heterocycles. The van der Waals surface area contributed by atoms with Crippen LogP contribution in [0.1, 0.15) is 78.2 Å². The number of pyridine rings is 2. The minimum atomic E-state index is -0.285. The SMILES string of the molecule is CCN(C(=O)C1CCCC1)c1cc(-c2ccc(N3CCC(N(C)C)CC3)nc2)cc(C(=O)NCc2c(C)cc(C)[nH]c2=O)c1C. The molecule has 0 bridgehead atoms. The number of nitrogens with one attached hydrogen (secondary N) is 2. The van der Waals surface area contributed by atoms with Gasteiger partial charge >= 0.3 is 0 Å². The zero-order chi connectivity index (χ0) is 32.2. The van der Waals surface area contributed by atoms with Crippen LogP contribution < -0.4 is 20.7 Å². The molecule has 0 radical (unpaired) electrons. The van der Waals surface area contributed by atoms with E-state index in [9.17, 15) is 14.4 Å². The van der Waals surface area contributed by atoms with Gasteiger partial charge in [-0.15, -0.1) is 0 Å². The van der Waals surface area contributed by atoms with Crippen molar-refractivity contribution in [2.24, 2.45) is 5.92 Å².